The molecule has 0 fully saturated rings. The smallest absolute Gasteiger partial charge is 0.258 e. The molecule has 0 heterocycles. The highest BCUT2D eigenvalue weighted by atomic mass is 19.2. The van der Waals surface area contributed by atoms with E-state index in [1.54, 1.807) is 5.32 Å². The molecule has 2 aromatic rings. The first kappa shape index (κ1) is 21.1. The predicted molar refractivity (Wildman–Crippen MR) is 86.2 cm³/mol. The van der Waals surface area contributed by atoms with E-state index in [-0.39, 0.29) is 5.69 Å². The lowest BCUT2D eigenvalue weighted by atomic mass is 10.1. The number of aliphatic hydroxyl groups excluding tert-OH is 1. The molecule has 2 rings (SSSR count). The van der Waals surface area contributed by atoms with E-state index < -0.39 is 59.1 Å². The zero-order chi connectivity index (χ0) is 21.0. The number of carbonyl (C=O) groups excluding carboxylic acids is 2. The topological polar surface area (TPSA) is 87.7 Å². The van der Waals surface area contributed by atoms with Crippen LogP contribution in [-0.2, 0) is 4.79 Å². The van der Waals surface area contributed by atoms with Crippen molar-refractivity contribution in [2.24, 2.45) is 0 Å². The summed E-state index contributed by atoms with van der Waals surface area (Å²) in [6.07, 6.45) is 0. The largest absolute Gasteiger partial charge is 0.497 e. The number of aliphatic hydroxyl groups is 1. The van der Waals surface area contributed by atoms with Gasteiger partial charge >= 0.3 is 0 Å². The molecule has 0 saturated heterocycles. The first-order valence-corrected chi connectivity index (χ1v) is 7.59. The van der Waals surface area contributed by atoms with E-state index >= 15 is 0 Å². The summed E-state index contributed by atoms with van der Waals surface area (Å²) in [6.45, 7) is -1.01. The molecular formula is C17H13F5N2O4. The van der Waals surface area contributed by atoms with Crippen LogP contribution in [0.1, 0.15) is 10.4 Å². The third-order valence-corrected chi connectivity index (χ3v) is 3.60. The molecule has 0 aliphatic rings. The lowest BCUT2D eigenvalue weighted by Gasteiger charge is -2.17. The Labute approximate surface area is 154 Å². The van der Waals surface area contributed by atoms with Gasteiger partial charge < -0.3 is 20.5 Å². The summed E-state index contributed by atoms with van der Waals surface area (Å²) >= 11 is 0. The number of carbonyl (C=O) groups is 2. The molecule has 150 valence electrons. The fraction of sp³-hybridized carbons (Fsp3) is 0.176. The minimum absolute atomic E-state index is 0.231. The molecule has 1 unspecified atom stereocenters. The summed E-state index contributed by atoms with van der Waals surface area (Å²) in [5.41, 5.74) is -1.54. The molecule has 11 heteroatoms. The minimum Gasteiger partial charge on any atom is -0.497 e. The van der Waals surface area contributed by atoms with Crippen molar-refractivity contribution in [3.05, 3.63) is 58.9 Å². The Morgan fingerprint density at radius 2 is 1.46 bits per heavy atom. The van der Waals surface area contributed by atoms with Gasteiger partial charge in [0.15, 0.2) is 23.3 Å². The highest BCUT2D eigenvalue weighted by molar-refractivity contribution is 6.01. The third kappa shape index (κ3) is 4.19. The average molecular weight is 404 g/mol. The zero-order valence-corrected chi connectivity index (χ0v) is 14.2. The van der Waals surface area contributed by atoms with Crippen molar-refractivity contribution in [1.29, 1.82) is 0 Å². The quantitative estimate of drug-likeness (QED) is 0.391. The van der Waals surface area contributed by atoms with Gasteiger partial charge in [-0.15, -0.1) is 0 Å². The summed E-state index contributed by atoms with van der Waals surface area (Å²) < 4.78 is 71.7. The molecule has 28 heavy (non-hydrogen) atoms. The molecule has 0 saturated carbocycles. The monoisotopic (exact) mass is 404 g/mol. The fourth-order valence-electron chi connectivity index (χ4n) is 2.13. The number of halogens is 5. The summed E-state index contributed by atoms with van der Waals surface area (Å²) in [5, 5.41) is 13.3. The maximum atomic E-state index is 13.7. The van der Waals surface area contributed by atoms with E-state index in [0.717, 1.165) is 0 Å². The number of ether oxygens (including phenoxy) is 1. The number of nitrogens with one attached hydrogen (secondary N) is 2. The second-order valence-corrected chi connectivity index (χ2v) is 5.37. The minimum atomic E-state index is -2.43. The Bertz CT molecular complexity index is 876. The van der Waals surface area contributed by atoms with E-state index in [1.165, 1.54) is 31.4 Å². The van der Waals surface area contributed by atoms with Crippen molar-refractivity contribution in [2.45, 2.75) is 6.04 Å². The maximum Gasteiger partial charge on any atom is 0.258 e. The molecule has 3 N–H and O–H groups in total. The van der Waals surface area contributed by atoms with E-state index in [9.17, 15) is 36.6 Å². The maximum absolute atomic E-state index is 13.7. The van der Waals surface area contributed by atoms with Crippen LogP contribution in [0.15, 0.2) is 24.3 Å². The van der Waals surface area contributed by atoms with Gasteiger partial charge in [0.2, 0.25) is 11.7 Å². The molecule has 0 aliphatic carbocycles. The molecule has 2 aromatic carbocycles. The lowest BCUT2D eigenvalue weighted by Crippen LogP contribution is -2.46. The molecule has 2 amide bonds. The third-order valence-electron chi connectivity index (χ3n) is 3.60. The fourth-order valence-corrected chi connectivity index (χ4v) is 2.13. The lowest BCUT2D eigenvalue weighted by molar-refractivity contribution is -0.118. The SMILES string of the molecule is COc1ccc(NC(=O)C(CO)NC(=O)c2c(F)c(F)c(F)c(F)c2F)cc1. The van der Waals surface area contributed by atoms with Gasteiger partial charge in [-0.2, -0.15) is 0 Å². The van der Waals surface area contributed by atoms with Gasteiger partial charge in [-0.25, -0.2) is 22.0 Å². The van der Waals surface area contributed by atoms with Crippen LogP contribution < -0.4 is 15.4 Å². The van der Waals surface area contributed by atoms with Crippen molar-refractivity contribution in [2.75, 3.05) is 19.0 Å². The van der Waals surface area contributed by atoms with Crippen LogP contribution in [-0.4, -0.2) is 36.7 Å². The summed E-state index contributed by atoms with van der Waals surface area (Å²) in [4.78, 5) is 24.1. The van der Waals surface area contributed by atoms with E-state index in [2.05, 4.69) is 5.32 Å². The van der Waals surface area contributed by atoms with Gasteiger partial charge in [0, 0.05) is 5.69 Å². The molecule has 0 radical (unpaired) electrons. The summed E-state index contributed by atoms with van der Waals surface area (Å²) in [7, 11) is 1.42. The number of hydrogen-bond acceptors (Lipinski definition) is 4. The van der Waals surface area contributed by atoms with Gasteiger partial charge in [0.05, 0.1) is 13.7 Å². The van der Waals surface area contributed by atoms with Crippen LogP contribution in [0.2, 0.25) is 0 Å². The summed E-state index contributed by atoms with van der Waals surface area (Å²) in [6, 6.07) is 4.12. The van der Waals surface area contributed by atoms with Gasteiger partial charge in [0.25, 0.3) is 5.91 Å². The molecular weight excluding hydrogens is 391 g/mol. The highest BCUT2D eigenvalue weighted by Crippen LogP contribution is 2.23. The first-order valence-electron chi connectivity index (χ1n) is 7.59. The number of methoxy groups -OCH3 is 1. The molecule has 0 aromatic heterocycles. The zero-order valence-electron chi connectivity index (χ0n) is 14.2. The number of anilines is 1. The molecule has 0 spiro atoms. The van der Waals surface area contributed by atoms with Crippen LogP contribution in [0.3, 0.4) is 0 Å². The number of rotatable bonds is 6. The standard InChI is InChI=1S/C17H13F5N2O4/c1-28-8-4-2-7(3-5-8)23-16(26)9(6-25)24-17(27)10-11(18)13(20)15(22)14(21)12(10)19/h2-5,9,25H,6H2,1H3,(H,23,26)(H,24,27). The average Bonchev–Trinajstić information content (AvgIpc) is 2.69. The highest BCUT2D eigenvalue weighted by Gasteiger charge is 2.31. The van der Waals surface area contributed by atoms with Crippen molar-refractivity contribution < 1.29 is 41.4 Å². The second-order valence-electron chi connectivity index (χ2n) is 5.37. The normalized spacial score (nSPS) is 11.7. The van der Waals surface area contributed by atoms with E-state index in [0.29, 0.717) is 5.75 Å². The van der Waals surface area contributed by atoms with Crippen molar-refractivity contribution in [1.82, 2.24) is 5.32 Å². The first-order chi connectivity index (χ1) is 13.2. The number of amides is 2. The van der Waals surface area contributed by atoms with Crippen LogP contribution >= 0.6 is 0 Å². The van der Waals surface area contributed by atoms with Crippen LogP contribution in [0.25, 0.3) is 0 Å². The van der Waals surface area contributed by atoms with Crippen molar-refractivity contribution in [3.8, 4) is 5.75 Å². The second kappa shape index (κ2) is 8.65. The van der Waals surface area contributed by atoms with Gasteiger partial charge in [-0.05, 0) is 24.3 Å². The van der Waals surface area contributed by atoms with E-state index in [4.69, 9.17) is 4.74 Å². The Balaban J connectivity index is 2.20. The Morgan fingerprint density at radius 1 is 0.964 bits per heavy atom. The van der Waals surface area contributed by atoms with E-state index in [1.807, 2.05) is 0 Å². The molecule has 0 aliphatic heterocycles. The Kier molecular flexibility index (Phi) is 6.52. The van der Waals surface area contributed by atoms with Gasteiger partial charge in [0.1, 0.15) is 17.4 Å². The molecule has 0 bridgehead atoms. The van der Waals surface area contributed by atoms with Crippen LogP contribution in [0, 0.1) is 29.1 Å². The molecule has 6 nitrogen and oxygen atoms in total. The van der Waals surface area contributed by atoms with Gasteiger partial charge in [-0.1, -0.05) is 0 Å². The van der Waals surface area contributed by atoms with Crippen molar-refractivity contribution >= 4 is 17.5 Å². The number of benzene rings is 2. The van der Waals surface area contributed by atoms with Crippen LogP contribution in [0.5, 0.6) is 5.75 Å². The number of hydrogen-bond donors (Lipinski definition) is 3. The van der Waals surface area contributed by atoms with Crippen LogP contribution in [0.4, 0.5) is 27.6 Å². The van der Waals surface area contributed by atoms with Gasteiger partial charge in [-0.3, -0.25) is 9.59 Å². The molecule has 1 atom stereocenters. The Hall–Kier alpha value is -3.21. The predicted octanol–water partition coefficient (Wildman–Crippen LogP) is 2.12. The Morgan fingerprint density at radius 3 is 1.93 bits per heavy atom. The van der Waals surface area contributed by atoms with Crippen molar-refractivity contribution in [3.63, 3.8) is 0 Å². The summed E-state index contributed by atoms with van der Waals surface area (Å²) in [5.74, 6) is -14.1.